The van der Waals surface area contributed by atoms with Gasteiger partial charge in [-0.2, -0.15) is 0 Å². The highest BCUT2D eigenvalue weighted by atomic mass is 32.1. The summed E-state index contributed by atoms with van der Waals surface area (Å²) in [5.74, 6) is -1.14. The van der Waals surface area contributed by atoms with Gasteiger partial charge in [-0.25, -0.2) is 9.78 Å². The molecular formula is C16H16N2O4S. The molecule has 7 heteroatoms. The highest BCUT2D eigenvalue weighted by Crippen LogP contribution is 2.28. The summed E-state index contributed by atoms with van der Waals surface area (Å²) < 4.78 is 5.51. The van der Waals surface area contributed by atoms with E-state index in [2.05, 4.69) is 4.98 Å². The van der Waals surface area contributed by atoms with E-state index in [1.165, 1.54) is 23.5 Å². The molecule has 1 aromatic heterocycles. The van der Waals surface area contributed by atoms with Gasteiger partial charge >= 0.3 is 5.97 Å². The zero-order chi connectivity index (χ0) is 16.4. The number of aromatic carboxylic acids is 1. The maximum Gasteiger partial charge on any atom is 0.335 e. The molecule has 0 bridgehead atoms. The van der Waals surface area contributed by atoms with E-state index in [1.807, 2.05) is 12.3 Å². The van der Waals surface area contributed by atoms with Gasteiger partial charge in [-0.05, 0) is 31.2 Å². The Morgan fingerprint density at radius 3 is 2.61 bits per heavy atom. The van der Waals surface area contributed by atoms with Gasteiger partial charge in [0.1, 0.15) is 11.0 Å². The zero-order valence-electron chi connectivity index (χ0n) is 12.6. The Morgan fingerprint density at radius 1 is 1.30 bits per heavy atom. The third-order valence-electron chi connectivity index (χ3n) is 3.69. The van der Waals surface area contributed by atoms with Crippen LogP contribution in [-0.4, -0.2) is 46.6 Å². The summed E-state index contributed by atoms with van der Waals surface area (Å²) in [7, 11) is 0. The molecule has 1 aromatic carbocycles. The number of ether oxygens (including phenoxy) is 1. The fourth-order valence-corrected chi connectivity index (χ4v) is 3.39. The van der Waals surface area contributed by atoms with Crippen LogP contribution in [0.2, 0.25) is 0 Å². The van der Waals surface area contributed by atoms with Crippen LogP contribution in [0.15, 0.2) is 29.6 Å². The third-order valence-corrected chi connectivity index (χ3v) is 4.75. The van der Waals surface area contributed by atoms with Crippen molar-refractivity contribution in [3.05, 3.63) is 51.5 Å². The molecule has 23 heavy (non-hydrogen) atoms. The van der Waals surface area contributed by atoms with Crippen molar-refractivity contribution in [2.75, 3.05) is 19.8 Å². The first-order chi connectivity index (χ1) is 11.1. The maximum absolute atomic E-state index is 12.8. The minimum atomic E-state index is -1.01. The number of morpholine rings is 1. The molecule has 0 radical (unpaired) electrons. The normalized spacial score (nSPS) is 18.0. The molecule has 1 fully saturated rings. The van der Waals surface area contributed by atoms with Gasteiger partial charge in [-0.3, -0.25) is 4.79 Å². The van der Waals surface area contributed by atoms with Crippen LogP contribution in [0.4, 0.5) is 0 Å². The van der Waals surface area contributed by atoms with Crippen molar-refractivity contribution >= 4 is 23.2 Å². The molecule has 120 valence electrons. The second-order valence-corrected chi connectivity index (χ2v) is 6.19. The number of carbonyl (C=O) groups is 2. The van der Waals surface area contributed by atoms with Crippen molar-refractivity contribution in [3.8, 4) is 0 Å². The van der Waals surface area contributed by atoms with E-state index in [9.17, 15) is 9.59 Å². The van der Waals surface area contributed by atoms with Crippen LogP contribution in [0.1, 0.15) is 37.5 Å². The molecular weight excluding hydrogens is 316 g/mol. The highest BCUT2D eigenvalue weighted by Gasteiger charge is 2.31. The van der Waals surface area contributed by atoms with Crippen LogP contribution >= 0.6 is 11.3 Å². The molecule has 3 rings (SSSR count). The second-order valence-electron chi connectivity index (χ2n) is 5.30. The van der Waals surface area contributed by atoms with E-state index in [4.69, 9.17) is 9.84 Å². The Balaban J connectivity index is 1.85. The third kappa shape index (κ3) is 3.25. The van der Waals surface area contributed by atoms with Gasteiger partial charge in [0, 0.05) is 23.2 Å². The number of thiazole rings is 1. The van der Waals surface area contributed by atoms with Gasteiger partial charge in [-0.1, -0.05) is 0 Å². The number of carbonyl (C=O) groups excluding carboxylic acids is 1. The van der Waals surface area contributed by atoms with Gasteiger partial charge in [0.2, 0.25) is 0 Å². The first kappa shape index (κ1) is 15.6. The van der Waals surface area contributed by atoms with Gasteiger partial charge in [0.15, 0.2) is 0 Å². The summed E-state index contributed by atoms with van der Waals surface area (Å²) in [6, 6.07) is 5.78. The number of hydrogen-bond donors (Lipinski definition) is 1. The van der Waals surface area contributed by atoms with Crippen LogP contribution in [-0.2, 0) is 4.74 Å². The van der Waals surface area contributed by atoms with E-state index in [-0.39, 0.29) is 17.5 Å². The summed E-state index contributed by atoms with van der Waals surface area (Å²) in [4.78, 5) is 29.9. The number of carboxylic acids is 1. The molecule has 1 unspecified atom stereocenters. The topological polar surface area (TPSA) is 79.7 Å². The maximum atomic E-state index is 12.8. The van der Waals surface area contributed by atoms with Gasteiger partial charge in [0.25, 0.3) is 5.91 Å². The van der Waals surface area contributed by atoms with Gasteiger partial charge < -0.3 is 14.7 Å². The largest absolute Gasteiger partial charge is 0.478 e. The predicted octanol–water partition coefficient (Wildman–Crippen LogP) is 2.36. The summed E-state index contributed by atoms with van der Waals surface area (Å²) in [6.07, 6.45) is 0. The van der Waals surface area contributed by atoms with Crippen molar-refractivity contribution in [2.45, 2.75) is 13.0 Å². The predicted molar refractivity (Wildman–Crippen MR) is 84.8 cm³/mol. The van der Waals surface area contributed by atoms with Crippen molar-refractivity contribution in [3.63, 3.8) is 0 Å². The lowest BCUT2D eigenvalue weighted by Gasteiger charge is -2.34. The van der Waals surface area contributed by atoms with E-state index in [0.717, 1.165) is 10.7 Å². The Kier molecular flexibility index (Phi) is 4.40. The molecule has 6 nitrogen and oxygen atoms in total. The number of rotatable bonds is 3. The Bertz CT molecular complexity index is 726. The highest BCUT2D eigenvalue weighted by molar-refractivity contribution is 7.09. The quantitative estimate of drug-likeness (QED) is 0.933. The molecule has 1 saturated heterocycles. The van der Waals surface area contributed by atoms with E-state index in [1.54, 1.807) is 17.0 Å². The number of carboxylic acid groups (broad SMARTS) is 1. The van der Waals surface area contributed by atoms with Crippen molar-refractivity contribution in [1.29, 1.82) is 0 Å². The van der Waals surface area contributed by atoms with Gasteiger partial charge in [-0.15, -0.1) is 11.3 Å². The number of aromatic nitrogens is 1. The van der Waals surface area contributed by atoms with Crippen molar-refractivity contribution in [2.24, 2.45) is 0 Å². The molecule has 0 spiro atoms. The SMILES string of the molecule is Cc1csc(C2COCCN2C(=O)c2ccc(C(=O)O)cc2)n1. The van der Waals surface area contributed by atoms with E-state index >= 15 is 0 Å². The zero-order valence-corrected chi connectivity index (χ0v) is 13.4. The van der Waals surface area contributed by atoms with Crippen molar-refractivity contribution < 1.29 is 19.4 Å². The smallest absolute Gasteiger partial charge is 0.335 e. The fraction of sp³-hybridized carbons (Fsp3) is 0.312. The summed E-state index contributed by atoms with van der Waals surface area (Å²) >= 11 is 1.52. The molecule has 1 aliphatic rings. The van der Waals surface area contributed by atoms with Crippen LogP contribution < -0.4 is 0 Å². The lowest BCUT2D eigenvalue weighted by Crippen LogP contribution is -2.43. The fourth-order valence-electron chi connectivity index (χ4n) is 2.50. The molecule has 1 atom stereocenters. The summed E-state index contributed by atoms with van der Waals surface area (Å²) in [6.45, 7) is 3.31. The second kappa shape index (κ2) is 6.47. The van der Waals surface area contributed by atoms with Crippen molar-refractivity contribution in [1.82, 2.24) is 9.88 Å². The van der Waals surface area contributed by atoms with Crippen LogP contribution in [0.5, 0.6) is 0 Å². The minimum Gasteiger partial charge on any atom is -0.478 e. The van der Waals surface area contributed by atoms with Crippen LogP contribution in [0.3, 0.4) is 0 Å². The molecule has 1 N–H and O–H groups in total. The lowest BCUT2D eigenvalue weighted by molar-refractivity contribution is -0.00278. The number of benzene rings is 1. The molecule has 2 aromatic rings. The molecule has 1 aliphatic heterocycles. The molecule has 0 aliphatic carbocycles. The Labute approximate surface area is 137 Å². The Hall–Kier alpha value is -2.25. The molecule has 0 saturated carbocycles. The van der Waals surface area contributed by atoms with E-state index < -0.39 is 5.97 Å². The average molecular weight is 332 g/mol. The standard InChI is InChI=1S/C16H16N2O4S/c1-10-9-23-14(17-10)13-8-22-7-6-18(13)15(19)11-2-4-12(5-3-11)16(20)21/h2-5,9,13H,6-8H2,1H3,(H,20,21). The average Bonchev–Trinajstić information content (AvgIpc) is 3.00. The minimum absolute atomic E-state index is 0.136. The molecule has 1 amide bonds. The first-order valence-corrected chi connectivity index (χ1v) is 8.08. The molecule has 2 heterocycles. The van der Waals surface area contributed by atoms with Crippen LogP contribution in [0, 0.1) is 6.92 Å². The van der Waals surface area contributed by atoms with Gasteiger partial charge in [0.05, 0.1) is 18.8 Å². The van der Waals surface area contributed by atoms with Crippen LogP contribution in [0.25, 0.3) is 0 Å². The Morgan fingerprint density at radius 2 is 2.00 bits per heavy atom. The number of hydrogen-bond acceptors (Lipinski definition) is 5. The first-order valence-electron chi connectivity index (χ1n) is 7.20. The number of aryl methyl sites for hydroxylation is 1. The summed E-state index contributed by atoms with van der Waals surface area (Å²) in [5.41, 5.74) is 1.56. The lowest BCUT2D eigenvalue weighted by atomic mass is 10.1. The van der Waals surface area contributed by atoms with E-state index in [0.29, 0.717) is 25.3 Å². The summed E-state index contributed by atoms with van der Waals surface area (Å²) in [5, 5.41) is 11.7. The number of nitrogens with zero attached hydrogens (tertiary/aromatic N) is 2. The number of amides is 1. The monoisotopic (exact) mass is 332 g/mol.